The predicted octanol–water partition coefficient (Wildman–Crippen LogP) is 10.1. The summed E-state index contributed by atoms with van der Waals surface area (Å²) in [5.74, 6) is -0.763. The standard InChI is InChI=1S/C14H13N.C10H14O2.C6H12N.C3H8.2CH3.H2O.Pt/c1-3-4-6-12-8-9-13-7-5-10-15-14(13)11(12)2;1-3-5-6-9(4-2)7-8-10(11)12;7-6-4-2-1-3-5-6;1-3-2;;;;/h3-10H,1H2,2H3;3-6H,1,7-8H2,2H3,(H,11,12);6-7H,1-5H2;3H2,1-2H3;2*1H3;1H2;/q;;-1;;2*-1;;/b6-4-;6-5-,9-4+;;;;;;. The summed E-state index contributed by atoms with van der Waals surface area (Å²) in [6.45, 7) is 15.4. The van der Waals surface area contributed by atoms with Gasteiger partial charge in [0.05, 0.1) is 5.52 Å². The number of carboxylic acid groups (broad SMARTS) is 1. The molecule has 1 heterocycles. The quantitative estimate of drug-likeness (QED) is 0.225. The van der Waals surface area contributed by atoms with E-state index >= 15 is 0 Å². The molecule has 6 heteroatoms. The first-order valence-electron chi connectivity index (χ1n) is 13.3. The molecule has 236 valence electrons. The van der Waals surface area contributed by atoms with E-state index in [0.29, 0.717) is 6.42 Å². The van der Waals surface area contributed by atoms with E-state index in [-0.39, 0.29) is 53.9 Å². The first kappa shape index (κ1) is 48.2. The fourth-order valence-corrected chi connectivity index (χ4v) is 3.53. The number of nitrogens with zero attached hydrogens (tertiary/aromatic N) is 1. The molecule has 0 spiro atoms. The van der Waals surface area contributed by atoms with Gasteiger partial charge in [-0.25, -0.2) is 0 Å². The summed E-state index contributed by atoms with van der Waals surface area (Å²) < 4.78 is 0. The molecule has 1 aliphatic rings. The predicted molar refractivity (Wildman–Crippen MR) is 179 cm³/mol. The Hall–Kier alpha value is -2.59. The number of carboxylic acids is 1. The summed E-state index contributed by atoms with van der Waals surface area (Å²) in [6.07, 6.45) is 23.1. The van der Waals surface area contributed by atoms with E-state index in [1.54, 1.807) is 18.2 Å². The van der Waals surface area contributed by atoms with Crippen LogP contribution in [0.3, 0.4) is 0 Å². The number of rotatable bonds is 7. The minimum atomic E-state index is -0.763. The largest absolute Gasteiger partial charge is 0.675 e. The van der Waals surface area contributed by atoms with Crippen molar-refractivity contribution < 1.29 is 36.4 Å². The molecule has 41 heavy (non-hydrogen) atoms. The molecular formula is C35H55N2O3Pt-3. The van der Waals surface area contributed by atoms with Crippen molar-refractivity contribution >= 4 is 22.9 Å². The molecule has 0 bridgehead atoms. The van der Waals surface area contributed by atoms with E-state index in [4.69, 9.17) is 10.8 Å². The van der Waals surface area contributed by atoms with Crippen LogP contribution in [0, 0.1) is 21.8 Å². The molecule has 0 aliphatic heterocycles. The Bertz CT molecular complexity index is 1020. The van der Waals surface area contributed by atoms with Gasteiger partial charge in [-0.2, -0.15) is 0 Å². The Morgan fingerprint density at radius 1 is 1.05 bits per heavy atom. The van der Waals surface area contributed by atoms with E-state index in [9.17, 15) is 4.79 Å². The van der Waals surface area contributed by atoms with Gasteiger partial charge < -0.3 is 31.2 Å². The van der Waals surface area contributed by atoms with Crippen molar-refractivity contribution in [3.05, 3.63) is 117 Å². The number of hydrogen-bond donors (Lipinski definition) is 1. The Balaban J connectivity index is -0.000000150. The Labute approximate surface area is 266 Å². The Morgan fingerprint density at radius 3 is 2.10 bits per heavy atom. The molecule has 1 fully saturated rings. The number of carbonyl (C=O) groups is 1. The van der Waals surface area contributed by atoms with Crippen LogP contribution in [0.2, 0.25) is 0 Å². The van der Waals surface area contributed by atoms with Gasteiger partial charge in [-0.05, 0) is 37.5 Å². The molecule has 2 aromatic rings. The van der Waals surface area contributed by atoms with Gasteiger partial charge in [0.1, 0.15) is 0 Å². The van der Waals surface area contributed by atoms with Gasteiger partial charge in [-0.15, -0.1) is 6.04 Å². The number of nitrogens with one attached hydrogen (secondary N) is 1. The molecule has 0 radical (unpaired) electrons. The zero-order chi connectivity index (χ0) is 27.9. The van der Waals surface area contributed by atoms with Gasteiger partial charge in [0.15, 0.2) is 0 Å². The number of aryl methyl sites for hydroxylation is 1. The molecule has 1 aromatic carbocycles. The van der Waals surface area contributed by atoms with E-state index in [2.05, 4.69) is 63.2 Å². The average Bonchev–Trinajstić information content (AvgIpc) is 2.90. The third kappa shape index (κ3) is 23.8. The summed E-state index contributed by atoms with van der Waals surface area (Å²) in [4.78, 5) is 14.6. The molecule has 1 aromatic heterocycles. The van der Waals surface area contributed by atoms with Crippen LogP contribution in [-0.4, -0.2) is 27.6 Å². The second kappa shape index (κ2) is 31.9. The summed E-state index contributed by atoms with van der Waals surface area (Å²) in [5, 5.41) is 9.60. The summed E-state index contributed by atoms with van der Waals surface area (Å²) >= 11 is 0. The van der Waals surface area contributed by atoms with Gasteiger partial charge in [0.2, 0.25) is 0 Å². The molecule has 0 unspecified atom stereocenters. The van der Waals surface area contributed by atoms with Crippen LogP contribution in [-0.2, 0) is 25.9 Å². The van der Waals surface area contributed by atoms with Crippen LogP contribution in [0.5, 0.6) is 0 Å². The first-order valence-corrected chi connectivity index (χ1v) is 13.3. The van der Waals surface area contributed by atoms with Crippen molar-refractivity contribution in [2.75, 3.05) is 0 Å². The third-order valence-electron chi connectivity index (χ3n) is 5.53. The number of allylic oxidation sites excluding steroid dienone is 7. The smallest absolute Gasteiger partial charge is 0.303 e. The van der Waals surface area contributed by atoms with Crippen molar-refractivity contribution in [1.82, 2.24) is 4.98 Å². The van der Waals surface area contributed by atoms with E-state index in [1.807, 2.05) is 37.4 Å². The third-order valence-corrected chi connectivity index (χ3v) is 5.53. The SMILES string of the molecule is C=C/C=C\C(=C/C)CCC(=O)O.C=C/C=C\c1ccc2cccnc2c1C.CCC.O.[CH3-].[CH3-].[NH-]C1CCCCC1.[Pt]. The van der Waals surface area contributed by atoms with Crippen LogP contribution >= 0.6 is 0 Å². The molecule has 4 N–H and O–H groups in total. The Kier molecular flexibility index (Phi) is 37.5. The molecule has 0 amide bonds. The van der Waals surface area contributed by atoms with Crippen LogP contribution in [0.1, 0.15) is 83.3 Å². The first-order chi connectivity index (χ1) is 17.8. The molecule has 3 rings (SSSR count). The monoisotopic (exact) mass is 746 g/mol. The molecule has 5 nitrogen and oxygen atoms in total. The number of aliphatic carboxylic acids is 1. The van der Waals surface area contributed by atoms with E-state index in [0.717, 1.165) is 23.9 Å². The topological polar surface area (TPSA) is 105 Å². The number of aromatic nitrogens is 1. The normalized spacial score (nSPS) is 12.3. The van der Waals surface area contributed by atoms with Crippen molar-refractivity contribution in [1.29, 1.82) is 0 Å². The average molecular weight is 747 g/mol. The fraction of sp³-hybridized carbons (Fsp3) is 0.371. The molecule has 0 atom stereocenters. The van der Waals surface area contributed by atoms with Gasteiger partial charge in [0, 0.05) is 39.1 Å². The van der Waals surface area contributed by atoms with Gasteiger partial charge in [-0.1, -0.05) is 132 Å². The molecular weight excluding hydrogens is 691 g/mol. The van der Waals surface area contributed by atoms with E-state index in [1.165, 1.54) is 42.2 Å². The van der Waals surface area contributed by atoms with Crippen LogP contribution in [0.4, 0.5) is 0 Å². The minimum Gasteiger partial charge on any atom is -0.675 e. The van der Waals surface area contributed by atoms with E-state index < -0.39 is 5.97 Å². The summed E-state index contributed by atoms with van der Waals surface area (Å²) in [7, 11) is 0. The second-order valence-corrected chi connectivity index (χ2v) is 8.84. The van der Waals surface area contributed by atoms with Crippen molar-refractivity contribution in [2.24, 2.45) is 0 Å². The van der Waals surface area contributed by atoms with Crippen molar-refractivity contribution in [3.63, 3.8) is 0 Å². The maximum atomic E-state index is 10.2. The number of hydrogen-bond acceptors (Lipinski definition) is 2. The molecule has 1 saturated carbocycles. The van der Waals surface area contributed by atoms with Crippen LogP contribution in [0.25, 0.3) is 22.7 Å². The van der Waals surface area contributed by atoms with Gasteiger partial charge in [-0.3, -0.25) is 9.78 Å². The summed E-state index contributed by atoms with van der Waals surface area (Å²) in [5.41, 5.74) is 11.8. The van der Waals surface area contributed by atoms with Crippen molar-refractivity contribution in [2.45, 2.75) is 85.1 Å². The molecule has 0 saturated heterocycles. The number of benzene rings is 1. The van der Waals surface area contributed by atoms with Crippen LogP contribution in [0.15, 0.2) is 85.6 Å². The van der Waals surface area contributed by atoms with Gasteiger partial charge >= 0.3 is 5.97 Å². The molecule has 1 aliphatic carbocycles. The maximum Gasteiger partial charge on any atom is 0.303 e. The van der Waals surface area contributed by atoms with Crippen LogP contribution < -0.4 is 0 Å². The second-order valence-electron chi connectivity index (χ2n) is 8.84. The fourth-order valence-electron chi connectivity index (χ4n) is 3.53. The summed E-state index contributed by atoms with van der Waals surface area (Å²) in [6, 6.07) is 8.53. The zero-order valence-corrected chi connectivity index (χ0v) is 28.5. The minimum absolute atomic E-state index is 0. The van der Waals surface area contributed by atoms with Crippen molar-refractivity contribution in [3.8, 4) is 0 Å². The zero-order valence-electron chi connectivity index (χ0n) is 26.2. The Morgan fingerprint density at radius 2 is 1.63 bits per heavy atom. The van der Waals surface area contributed by atoms with Gasteiger partial charge in [0.25, 0.3) is 0 Å². The number of fused-ring (bicyclic) bond motifs is 1. The maximum absolute atomic E-state index is 10.2. The number of pyridine rings is 1.